The molecular weight excluding hydrogens is 418 g/mol. The van der Waals surface area contributed by atoms with Crippen LogP contribution in [-0.2, 0) is 10.2 Å². The van der Waals surface area contributed by atoms with Crippen LogP contribution in [0.1, 0.15) is 51.3 Å². The minimum atomic E-state index is -3.65. The average molecular weight is 452 g/mol. The second kappa shape index (κ2) is 9.97. The van der Waals surface area contributed by atoms with E-state index in [2.05, 4.69) is 23.5 Å². The third-order valence-electron chi connectivity index (χ3n) is 5.81. The quantitative estimate of drug-likeness (QED) is 0.539. The third kappa shape index (κ3) is 5.55. The van der Waals surface area contributed by atoms with E-state index in [9.17, 15) is 8.42 Å². The van der Waals surface area contributed by atoms with Crippen molar-refractivity contribution in [3.63, 3.8) is 0 Å². The molecule has 2 aromatic rings. The molecule has 1 fully saturated rings. The molecule has 1 atom stereocenters. The van der Waals surface area contributed by atoms with E-state index in [-0.39, 0.29) is 0 Å². The summed E-state index contributed by atoms with van der Waals surface area (Å²) in [4.78, 5) is 12.1. The molecule has 1 aromatic carbocycles. The van der Waals surface area contributed by atoms with Gasteiger partial charge in [-0.05, 0) is 31.2 Å². The van der Waals surface area contributed by atoms with Crippen molar-refractivity contribution in [3.05, 3.63) is 18.0 Å². The van der Waals surface area contributed by atoms with Gasteiger partial charge in [0.05, 0.1) is 19.7 Å². The molecular formula is C21H33N5O4S. The first kappa shape index (κ1) is 23.5. The number of nitrogens with two attached hydrogens (primary N) is 1. The fraction of sp³-hybridized carbons (Fsp3) is 0.619. The van der Waals surface area contributed by atoms with Gasteiger partial charge in [0.15, 0.2) is 11.5 Å². The van der Waals surface area contributed by atoms with E-state index < -0.39 is 10.2 Å². The lowest BCUT2D eigenvalue weighted by Crippen LogP contribution is -2.48. The summed E-state index contributed by atoms with van der Waals surface area (Å²) in [6.45, 7) is 6.29. The number of nitrogens with one attached hydrogen (secondary N) is 1. The van der Waals surface area contributed by atoms with Gasteiger partial charge in [-0.15, -0.1) is 0 Å². The van der Waals surface area contributed by atoms with Crippen molar-refractivity contribution in [2.24, 2.45) is 11.1 Å². The van der Waals surface area contributed by atoms with Crippen LogP contribution in [0, 0.1) is 5.92 Å². The van der Waals surface area contributed by atoms with Crippen molar-refractivity contribution < 1.29 is 17.9 Å². The summed E-state index contributed by atoms with van der Waals surface area (Å²) >= 11 is 0. The van der Waals surface area contributed by atoms with E-state index in [0.717, 1.165) is 61.3 Å². The van der Waals surface area contributed by atoms with Crippen molar-refractivity contribution in [3.8, 4) is 11.5 Å². The first-order valence-electron chi connectivity index (χ1n) is 10.8. The van der Waals surface area contributed by atoms with Gasteiger partial charge in [0.25, 0.3) is 10.2 Å². The van der Waals surface area contributed by atoms with Crippen molar-refractivity contribution in [1.29, 1.82) is 0 Å². The standard InChI is InChI=1S/C21H33N5O4S/c1-5-7-15(6-2)20-24-17-11-19(30-4)18(29-3)10-16(17)21(25-20)26-12-14(13-26)8-9-23-31(22,27)28/h10-11,14-15,23H,5-9,12-13H2,1-4H3,(H2,22,27,28). The molecule has 1 aliphatic rings. The number of methoxy groups -OCH3 is 2. The van der Waals surface area contributed by atoms with Gasteiger partial charge in [0, 0.05) is 37.0 Å². The lowest BCUT2D eigenvalue weighted by Gasteiger charge is -2.41. The van der Waals surface area contributed by atoms with E-state index in [0.29, 0.717) is 29.9 Å². The van der Waals surface area contributed by atoms with E-state index in [4.69, 9.17) is 24.6 Å². The average Bonchev–Trinajstić information content (AvgIpc) is 2.71. The first-order valence-corrected chi connectivity index (χ1v) is 12.3. The fourth-order valence-electron chi connectivity index (χ4n) is 4.08. The van der Waals surface area contributed by atoms with Gasteiger partial charge in [0.1, 0.15) is 11.6 Å². The van der Waals surface area contributed by atoms with Crippen LogP contribution in [0.15, 0.2) is 12.1 Å². The summed E-state index contributed by atoms with van der Waals surface area (Å²) < 4.78 is 35.5. The van der Waals surface area contributed by atoms with Gasteiger partial charge in [-0.25, -0.2) is 19.8 Å². The monoisotopic (exact) mass is 451 g/mol. The summed E-state index contributed by atoms with van der Waals surface area (Å²) in [6.07, 6.45) is 3.82. The van der Waals surface area contributed by atoms with Gasteiger partial charge >= 0.3 is 0 Å². The Kier molecular flexibility index (Phi) is 7.55. The zero-order valence-corrected chi connectivity index (χ0v) is 19.5. The zero-order valence-electron chi connectivity index (χ0n) is 18.7. The summed E-state index contributed by atoms with van der Waals surface area (Å²) in [5.41, 5.74) is 0.839. The minimum absolute atomic E-state index is 0.303. The predicted molar refractivity (Wildman–Crippen MR) is 122 cm³/mol. The summed E-state index contributed by atoms with van der Waals surface area (Å²) in [5, 5.41) is 5.93. The molecule has 0 aliphatic carbocycles. The molecule has 10 heteroatoms. The Labute approximate surface area is 184 Å². The molecule has 2 heterocycles. The van der Waals surface area contributed by atoms with Crippen LogP contribution in [-0.4, -0.2) is 52.2 Å². The third-order valence-corrected chi connectivity index (χ3v) is 6.41. The largest absolute Gasteiger partial charge is 0.493 e. The lowest BCUT2D eigenvalue weighted by molar-refractivity contribution is 0.355. The molecule has 172 valence electrons. The van der Waals surface area contributed by atoms with Gasteiger partial charge in [-0.2, -0.15) is 8.42 Å². The van der Waals surface area contributed by atoms with Gasteiger partial charge in [-0.1, -0.05) is 20.3 Å². The predicted octanol–water partition coefficient (Wildman–Crippen LogP) is 2.56. The molecule has 31 heavy (non-hydrogen) atoms. The van der Waals surface area contributed by atoms with Crippen molar-refractivity contribution in [1.82, 2.24) is 14.7 Å². The fourth-order valence-corrected chi connectivity index (χ4v) is 4.48. The van der Waals surface area contributed by atoms with Crippen LogP contribution in [0.3, 0.4) is 0 Å². The van der Waals surface area contributed by atoms with E-state index in [1.165, 1.54) is 0 Å². The van der Waals surface area contributed by atoms with Gasteiger partial charge in [0.2, 0.25) is 0 Å². The highest BCUT2D eigenvalue weighted by Gasteiger charge is 2.30. The number of aromatic nitrogens is 2. The van der Waals surface area contributed by atoms with Crippen LogP contribution in [0.4, 0.5) is 5.82 Å². The summed E-state index contributed by atoms with van der Waals surface area (Å²) in [5.74, 6) is 3.72. The molecule has 3 N–H and O–H groups in total. The molecule has 0 saturated carbocycles. The van der Waals surface area contributed by atoms with Crippen LogP contribution >= 0.6 is 0 Å². The number of rotatable bonds is 11. The highest BCUT2D eigenvalue weighted by molar-refractivity contribution is 7.87. The molecule has 1 aliphatic heterocycles. The molecule has 0 bridgehead atoms. The Hall–Kier alpha value is -2.17. The number of hydrogen-bond donors (Lipinski definition) is 2. The number of fused-ring (bicyclic) bond motifs is 1. The number of anilines is 1. The van der Waals surface area contributed by atoms with Gasteiger partial charge in [-0.3, -0.25) is 0 Å². The maximum absolute atomic E-state index is 11.1. The minimum Gasteiger partial charge on any atom is -0.493 e. The first-order chi connectivity index (χ1) is 14.8. The Morgan fingerprint density at radius 1 is 1.19 bits per heavy atom. The van der Waals surface area contributed by atoms with Crippen molar-refractivity contribution in [2.45, 2.75) is 45.4 Å². The highest BCUT2D eigenvalue weighted by atomic mass is 32.2. The second-order valence-corrected chi connectivity index (χ2v) is 9.40. The Morgan fingerprint density at radius 2 is 1.87 bits per heavy atom. The van der Waals surface area contributed by atoms with E-state index in [1.807, 2.05) is 12.1 Å². The molecule has 1 saturated heterocycles. The molecule has 0 amide bonds. The molecule has 0 radical (unpaired) electrons. The SMILES string of the molecule is CCCC(CC)c1nc(N2CC(CCNS(N)(=O)=O)C2)c2cc(OC)c(OC)cc2n1. The van der Waals surface area contributed by atoms with Crippen molar-refractivity contribution >= 4 is 26.9 Å². The molecule has 1 unspecified atom stereocenters. The maximum atomic E-state index is 11.1. The van der Waals surface area contributed by atoms with Crippen LogP contribution in [0.25, 0.3) is 10.9 Å². The summed E-state index contributed by atoms with van der Waals surface area (Å²) in [7, 11) is -0.411. The smallest absolute Gasteiger partial charge is 0.274 e. The normalized spacial score (nSPS) is 15.7. The Bertz CT molecular complexity index is 1010. The number of hydrogen-bond acceptors (Lipinski definition) is 7. The van der Waals surface area contributed by atoms with E-state index >= 15 is 0 Å². The lowest BCUT2D eigenvalue weighted by atomic mass is 9.95. The van der Waals surface area contributed by atoms with Crippen LogP contribution in [0.5, 0.6) is 11.5 Å². The van der Waals surface area contributed by atoms with Crippen molar-refractivity contribution in [2.75, 3.05) is 38.8 Å². The maximum Gasteiger partial charge on any atom is 0.274 e. The van der Waals surface area contributed by atoms with E-state index in [1.54, 1.807) is 14.2 Å². The summed E-state index contributed by atoms with van der Waals surface area (Å²) in [6, 6.07) is 3.85. The second-order valence-electron chi connectivity index (χ2n) is 8.02. The Balaban J connectivity index is 1.91. The molecule has 1 aromatic heterocycles. The van der Waals surface area contributed by atoms with Crippen LogP contribution < -0.4 is 24.2 Å². The molecule has 9 nitrogen and oxygen atoms in total. The molecule has 0 spiro atoms. The topological polar surface area (TPSA) is 120 Å². The molecule has 3 rings (SSSR count). The van der Waals surface area contributed by atoms with Crippen LogP contribution in [0.2, 0.25) is 0 Å². The number of ether oxygens (including phenoxy) is 2. The van der Waals surface area contributed by atoms with Gasteiger partial charge < -0.3 is 14.4 Å². The zero-order chi connectivity index (χ0) is 22.6. The Morgan fingerprint density at radius 3 is 2.45 bits per heavy atom. The highest BCUT2D eigenvalue weighted by Crippen LogP contribution is 2.38. The number of nitrogens with zero attached hydrogens (tertiary/aromatic N) is 3. The number of benzene rings is 1.